The summed E-state index contributed by atoms with van der Waals surface area (Å²) in [7, 11) is 0. The Morgan fingerprint density at radius 1 is 1.27 bits per heavy atom. The third-order valence-corrected chi connectivity index (χ3v) is 6.36. The highest BCUT2D eigenvalue weighted by atomic mass is 32.1. The second-order valence-corrected chi connectivity index (χ2v) is 8.11. The Labute approximate surface area is 156 Å². The Morgan fingerprint density at radius 2 is 2.00 bits per heavy atom. The molecule has 1 aliphatic rings. The predicted molar refractivity (Wildman–Crippen MR) is 106 cm³/mol. The largest absolute Gasteiger partial charge is 0.481 e. The summed E-state index contributed by atoms with van der Waals surface area (Å²) in [6.07, 6.45) is 0.958. The van der Waals surface area contributed by atoms with Gasteiger partial charge in [-0.1, -0.05) is 29.8 Å². The number of benzene rings is 1. The summed E-state index contributed by atoms with van der Waals surface area (Å²) in [5, 5.41) is 14.3. The van der Waals surface area contributed by atoms with Crippen LogP contribution in [-0.4, -0.2) is 22.6 Å². The van der Waals surface area contributed by atoms with Crippen LogP contribution in [0, 0.1) is 13.8 Å². The van der Waals surface area contributed by atoms with Crippen molar-refractivity contribution in [1.29, 1.82) is 0 Å². The highest BCUT2D eigenvalue weighted by Gasteiger charge is 2.27. The van der Waals surface area contributed by atoms with E-state index in [9.17, 15) is 9.90 Å². The van der Waals surface area contributed by atoms with Gasteiger partial charge >= 0.3 is 5.97 Å². The number of carboxylic acids is 1. The summed E-state index contributed by atoms with van der Waals surface area (Å²) in [4.78, 5) is 19.0. The number of hydrogen-bond acceptors (Lipinski definition) is 4. The van der Waals surface area contributed by atoms with Gasteiger partial charge in [0.05, 0.1) is 5.92 Å². The van der Waals surface area contributed by atoms with Gasteiger partial charge in [-0.2, -0.15) is 0 Å². The number of hydrogen-bond donors (Lipinski definition) is 2. The maximum Gasteiger partial charge on any atom is 0.310 e. The first-order chi connectivity index (χ1) is 12.5. The van der Waals surface area contributed by atoms with Crippen LogP contribution in [0.25, 0.3) is 21.3 Å². The minimum absolute atomic E-state index is 0.597. The fourth-order valence-electron chi connectivity index (χ4n) is 3.86. The predicted octanol–water partition coefficient (Wildman–Crippen LogP) is 4.41. The Morgan fingerprint density at radius 3 is 2.69 bits per heavy atom. The van der Waals surface area contributed by atoms with Crippen LogP contribution in [-0.2, 0) is 17.8 Å². The van der Waals surface area contributed by atoms with E-state index >= 15 is 0 Å². The van der Waals surface area contributed by atoms with Crippen molar-refractivity contribution in [2.24, 2.45) is 0 Å². The van der Waals surface area contributed by atoms with Crippen molar-refractivity contribution in [3.8, 4) is 11.1 Å². The van der Waals surface area contributed by atoms with Crippen molar-refractivity contribution in [3.05, 3.63) is 51.5 Å². The molecule has 0 spiro atoms. The molecule has 26 heavy (non-hydrogen) atoms. The molecule has 0 aliphatic carbocycles. The lowest BCUT2D eigenvalue weighted by Gasteiger charge is -2.19. The quantitative estimate of drug-likeness (QED) is 0.720. The van der Waals surface area contributed by atoms with Crippen LogP contribution in [0.4, 0.5) is 0 Å². The molecule has 2 aromatic heterocycles. The highest BCUT2D eigenvalue weighted by molar-refractivity contribution is 7.19. The van der Waals surface area contributed by atoms with Crippen molar-refractivity contribution in [2.75, 3.05) is 6.54 Å². The molecule has 0 radical (unpaired) electrons. The number of fused-ring (bicyclic) bond motifs is 3. The summed E-state index contributed by atoms with van der Waals surface area (Å²) in [6.45, 7) is 7.58. The van der Waals surface area contributed by atoms with Crippen LogP contribution in [0.15, 0.2) is 24.3 Å². The molecule has 134 valence electrons. The number of aliphatic carboxylic acids is 1. The molecule has 2 N–H and O–H groups in total. The Kier molecular flexibility index (Phi) is 4.29. The van der Waals surface area contributed by atoms with Crippen molar-refractivity contribution < 1.29 is 9.90 Å². The molecule has 3 heterocycles. The van der Waals surface area contributed by atoms with Crippen LogP contribution in [0.5, 0.6) is 0 Å². The summed E-state index contributed by atoms with van der Waals surface area (Å²) in [5.41, 5.74) is 6.32. The molecule has 1 atom stereocenters. The van der Waals surface area contributed by atoms with Crippen LogP contribution < -0.4 is 5.32 Å². The average molecular weight is 366 g/mol. The van der Waals surface area contributed by atoms with Gasteiger partial charge in [0.25, 0.3) is 0 Å². The minimum Gasteiger partial charge on any atom is -0.481 e. The minimum atomic E-state index is -0.812. The maximum atomic E-state index is 11.8. The van der Waals surface area contributed by atoms with E-state index in [1.54, 1.807) is 18.3 Å². The number of carboxylic acid groups (broad SMARTS) is 1. The number of nitrogens with zero attached hydrogens (tertiary/aromatic N) is 1. The van der Waals surface area contributed by atoms with E-state index in [4.69, 9.17) is 4.98 Å². The monoisotopic (exact) mass is 366 g/mol. The van der Waals surface area contributed by atoms with Crippen molar-refractivity contribution in [1.82, 2.24) is 10.3 Å². The fraction of sp³-hybridized carbons (Fsp3) is 0.333. The number of aromatic nitrogens is 1. The number of aryl methyl sites for hydroxylation is 2. The summed E-state index contributed by atoms with van der Waals surface area (Å²) < 4.78 is 0. The molecule has 0 bridgehead atoms. The molecule has 1 aliphatic heterocycles. The lowest BCUT2D eigenvalue weighted by Crippen LogP contribution is -2.22. The summed E-state index contributed by atoms with van der Waals surface area (Å²) >= 11 is 1.73. The van der Waals surface area contributed by atoms with E-state index < -0.39 is 11.9 Å². The van der Waals surface area contributed by atoms with Crippen molar-refractivity contribution >= 4 is 27.5 Å². The molecule has 0 saturated heterocycles. The zero-order chi connectivity index (χ0) is 18.4. The SMILES string of the molecule is Cc1ccc(-c2c(C(C)C(=O)O)c(C)nc3sc4c(c23)CCNC4)cc1. The molecule has 3 aromatic rings. The first-order valence-electron chi connectivity index (χ1n) is 8.92. The van der Waals surface area contributed by atoms with Gasteiger partial charge in [0.2, 0.25) is 0 Å². The van der Waals surface area contributed by atoms with Crippen LogP contribution >= 0.6 is 11.3 Å². The van der Waals surface area contributed by atoms with Gasteiger partial charge in [-0.05, 0) is 56.0 Å². The van der Waals surface area contributed by atoms with E-state index in [1.807, 2.05) is 6.92 Å². The summed E-state index contributed by atoms with van der Waals surface area (Å²) in [6, 6.07) is 8.39. The van der Waals surface area contributed by atoms with Crippen LogP contribution in [0.3, 0.4) is 0 Å². The van der Waals surface area contributed by atoms with E-state index in [-0.39, 0.29) is 0 Å². The molecule has 0 saturated carbocycles. The zero-order valence-corrected chi connectivity index (χ0v) is 16.0. The van der Waals surface area contributed by atoms with Gasteiger partial charge in [0.15, 0.2) is 0 Å². The first kappa shape index (κ1) is 17.2. The molecular formula is C21H22N2O2S. The maximum absolute atomic E-state index is 11.8. The zero-order valence-electron chi connectivity index (χ0n) is 15.2. The Bertz CT molecular complexity index is 1010. The topological polar surface area (TPSA) is 62.2 Å². The standard InChI is InChI=1S/C21H22N2O2S/c1-11-4-6-14(7-5-11)18-17(12(2)21(24)25)13(3)23-20-19(18)15-8-9-22-10-16(15)26-20/h4-7,12,22H,8-10H2,1-3H3,(H,24,25). The lowest BCUT2D eigenvalue weighted by atomic mass is 9.86. The number of thiophene rings is 1. The van der Waals surface area contributed by atoms with E-state index in [1.165, 1.54) is 16.0 Å². The number of pyridine rings is 1. The van der Waals surface area contributed by atoms with Gasteiger partial charge in [-0.25, -0.2) is 4.98 Å². The van der Waals surface area contributed by atoms with E-state index in [2.05, 4.69) is 36.5 Å². The van der Waals surface area contributed by atoms with Crippen molar-refractivity contribution in [2.45, 2.75) is 39.7 Å². The van der Waals surface area contributed by atoms with E-state index in [0.29, 0.717) is 0 Å². The smallest absolute Gasteiger partial charge is 0.310 e. The third kappa shape index (κ3) is 2.72. The second-order valence-electron chi connectivity index (χ2n) is 7.02. The van der Waals surface area contributed by atoms with Gasteiger partial charge in [0, 0.05) is 22.5 Å². The van der Waals surface area contributed by atoms with Gasteiger partial charge in [0.1, 0.15) is 4.83 Å². The molecular weight excluding hydrogens is 344 g/mol. The second kappa shape index (κ2) is 6.49. The third-order valence-electron chi connectivity index (χ3n) is 5.23. The Balaban J connectivity index is 2.11. The molecule has 4 nitrogen and oxygen atoms in total. The molecule has 1 unspecified atom stereocenters. The molecule has 1 aromatic carbocycles. The molecule has 0 amide bonds. The lowest BCUT2D eigenvalue weighted by molar-refractivity contribution is -0.138. The summed E-state index contributed by atoms with van der Waals surface area (Å²) in [5.74, 6) is -1.41. The van der Waals surface area contributed by atoms with Crippen LogP contribution in [0.2, 0.25) is 0 Å². The molecule has 5 heteroatoms. The van der Waals surface area contributed by atoms with Crippen LogP contribution in [0.1, 0.15) is 40.1 Å². The molecule has 0 fully saturated rings. The first-order valence-corrected chi connectivity index (χ1v) is 9.74. The average Bonchev–Trinajstić information content (AvgIpc) is 2.98. The number of nitrogens with one attached hydrogen (secondary N) is 1. The van der Waals surface area contributed by atoms with E-state index in [0.717, 1.165) is 52.1 Å². The molecule has 4 rings (SSSR count). The Hall–Kier alpha value is -2.24. The van der Waals surface area contributed by atoms with Gasteiger partial charge in [-0.15, -0.1) is 11.3 Å². The van der Waals surface area contributed by atoms with Gasteiger partial charge in [-0.3, -0.25) is 4.79 Å². The van der Waals surface area contributed by atoms with Crippen molar-refractivity contribution in [3.63, 3.8) is 0 Å². The highest BCUT2D eigenvalue weighted by Crippen LogP contribution is 2.43. The number of rotatable bonds is 3. The number of carbonyl (C=O) groups is 1. The van der Waals surface area contributed by atoms with Gasteiger partial charge < -0.3 is 10.4 Å². The normalized spacial score (nSPS) is 15.0. The fourth-order valence-corrected chi connectivity index (χ4v) is 5.10.